The summed E-state index contributed by atoms with van der Waals surface area (Å²) in [6.07, 6.45) is 3.49. The molecule has 2 N–H and O–H groups in total. The first-order chi connectivity index (χ1) is 14.8. The maximum atomic E-state index is 13.6. The van der Waals surface area contributed by atoms with Gasteiger partial charge in [-0.3, -0.25) is 19.3 Å². The van der Waals surface area contributed by atoms with E-state index in [1.54, 1.807) is 16.8 Å². The van der Waals surface area contributed by atoms with E-state index in [1.165, 1.54) is 12.1 Å². The van der Waals surface area contributed by atoms with Crippen LogP contribution in [-0.4, -0.2) is 44.6 Å². The Hall–Kier alpha value is -3.29. The quantitative estimate of drug-likeness (QED) is 0.683. The van der Waals surface area contributed by atoms with Crippen LogP contribution in [0.1, 0.15) is 47.4 Å². The number of carbonyl (C=O) groups excluding carboxylic acids is 2. The Bertz CT molecular complexity index is 1140. The number of aromatic nitrogens is 3. The lowest BCUT2D eigenvalue weighted by molar-refractivity contribution is -0.136. The van der Waals surface area contributed by atoms with Crippen molar-refractivity contribution in [3.05, 3.63) is 59.3 Å². The average Bonchev–Trinajstić information content (AvgIpc) is 3.16. The smallest absolute Gasteiger partial charge is 0.250 e. The highest BCUT2D eigenvalue weighted by Gasteiger charge is 2.30. The van der Waals surface area contributed by atoms with Gasteiger partial charge in [-0.15, -0.1) is 0 Å². The fraction of sp³-hybridized carbons (Fsp3) is 0.391. The third-order valence-corrected chi connectivity index (χ3v) is 5.85. The molecule has 0 radical (unpaired) electrons. The summed E-state index contributed by atoms with van der Waals surface area (Å²) in [7, 11) is 0. The van der Waals surface area contributed by atoms with Gasteiger partial charge in [0.1, 0.15) is 5.82 Å². The number of fused-ring (bicyclic) bond motifs is 1. The molecule has 8 heteroatoms. The molecule has 1 fully saturated rings. The first-order valence-electron chi connectivity index (χ1n) is 10.5. The number of halogens is 1. The van der Waals surface area contributed by atoms with Crippen LogP contribution in [0.15, 0.2) is 36.5 Å². The van der Waals surface area contributed by atoms with E-state index in [1.807, 2.05) is 31.0 Å². The number of primary amides is 1. The number of aryl methyl sites for hydroxylation is 1. The van der Waals surface area contributed by atoms with Crippen molar-refractivity contribution in [1.29, 1.82) is 0 Å². The second-order valence-electron chi connectivity index (χ2n) is 8.33. The van der Waals surface area contributed by atoms with Gasteiger partial charge in [0.2, 0.25) is 5.91 Å². The first kappa shape index (κ1) is 21.0. The molecule has 162 valence electrons. The topological polar surface area (TPSA) is 94.1 Å². The van der Waals surface area contributed by atoms with Gasteiger partial charge in [-0.05, 0) is 50.1 Å². The lowest BCUT2D eigenvalue weighted by atomic mass is 9.90. The second-order valence-corrected chi connectivity index (χ2v) is 8.33. The molecule has 1 aliphatic rings. The molecule has 0 saturated carbocycles. The van der Waals surface area contributed by atoms with Gasteiger partial charge in [-0.25, -0.2) is 4.39 Å². The van der Waals surface area contributed by atoms with Crippen LogP contribution in [-0.2, 0) is 11.3 Å². The number of benzene rings is 1. The Balaban J connectivity index is 1.57. The second kappa shape index (κ2) is 8.45. The molecule has 1 aromatic carbocycles. The third kappa shape index (κ3) is 4.42. The molecule has 0 bridgehead atoms. The summed E-state index contributed by atoms with van der Waals surface area (Å²) in [5, 5.41) is 4.90. The molecule has 2 atom stereocenters. The summed E-state index contributed by atoms with van der Waals surface area (Å²) >= 11 is 0. The van der Waals surface area contributed by atoms with Gasteiger partial charge in [-0.2, -0.15) is 5.10 Å². The molecule has 4 rings (SSSR count). The standard InChI is InChI=1S/C23H26FN5O2/c1-14(12-29-9-7-15(2)27-29)23(31)28-8-3-4-16(13-28)21-19(22(25)30)11-17-10-18(24)5-6-20(17)26-21/h5-7,9-11,14,16H,3-4,8,12-13H2,1-2H3,(H2,25,30). The maximum absolute atomic E-state index is 13.6. The molecule has 0 aliphatic carbocycles. The van der Waals surface area contributed by atoms with E-state index in [2.05, 4.69) is 10.1 Å². The van der Waals surface area contributed by atoms with Gasteiger partial charge in [0.05, 0.1) is 34.9 Å². The zero-order chi connectivity index (χ0) is 22.1. The van der Waals surface area contributed by atoms with Gasteiger partial charge >= 0.3 is 0 Å². The predicted octanol–water partition coefficient (Wildman–Crippen LogP) is 3.02. The van der Waals surface area contributed by atoms with Crippen LogP contribution in [0, 0.1) is 18.7 Å². The van der Waals surface area contributed by atoms with E-state index in [9.17, 15) is 14.0 Å². The minimum absolute atomic E-state index is 0.0568. The van der Waals surface area contributed by atoms with Crippen LogP contribution in [0.4, 0.5) is 4.39 Å². The Morgan fingerprint density at radius 1 is 1.29 bits per heavy atom. The number of amides is 2. The minimum Gasteiger partial charge on any atom is -0.366 e. The highest BCUT2D eigenvalue weighted by Crippen LogP contribution is 2.31. The molecule has 31 heavy (non-hydrogen) atoms. The fourth-order valence-corrected chi connectivity index (χ4v) is 4.31. The number of hydrogen-bond acceptors (Lipinski definition) is 4. The molecule has 3 aromatic rings. The maximum Gasteiger partial charge on any atom is 0.250 e. The molecule has 3 heterocycles. The molecule has 1 aliphatic heterocycles. The van der Waals surface area contributed by atoms with Crippen LogP contribution < -0.4 is 5.73 Å². The molecule has 2 unspecified atom stereocenters. The summed E-state index contributed by atoms with van der Waals surface area (Å²) in [6.45, 7) is 5.48. The van der Waals surface area contributed by atoms with E-state index in [-0.39, 0.29) is 23.3 Å². The van der Waals surface area contributed by atoms with E-state index in [0.29, 0.717) is 36.2 Å². The zero-order valence-corrected chi connectivity index (χ0v) is 17.7. The van der Waals surface area contributed by atoms with Crippen molar-refractivity contribution in [3.8, 4) is 0 Å². The molecular weight excluding hydrogens is 397 g/mol. The van der Waals surface area contributed by atoms with Crippen LogP contribution in [0.5, 0.6) is 0 Å². The van der Waals surface area contributed by atoms with Crippen molar-refractivity contribution in [3.63, 3.8) is 0 Å². The monoisotopic (exact) mass is 423 g/mol. The number of rotatable bonds is 5. The lowest BCUT2D eigenvalue weighted by Gasteiger charge is -2.34. The molecule has 2 amide bonds. The van der Waals surface area contributed by atoms with Gasteiger partial charge in [0.15, 0.2) is 0 Å². The highest BCUT2D eigenvalue weighted by molar-refractivity contribution is 5.98. The van der Waals surface area contributed by atoms with Crippen molar-refractivity contribution >= 4 is 22.7 Å². The Labute approximate surface area is 180 Å². The van der Waals surface area contributed by atoms with Crippen LogP contribution in [0.25, 0.3) is 10.9 Å². The van der Waals surface area contributed by atoms with E-state index in [0.717, 1.165) is 18.5 Å². The Morgan fingerprint density at radius 2 is 2.10 bits per heavy atom. The first-order valence-corrected chi connectivity index (χ1v) is 10.5. The minimum atomic E-state index is -0.598. The summed E-state index contributed by atoms with van der Waals surface area (Å²) in [5.74, 6) is -1.26. The largest absolute Gasteiger partial charge is 0.366 e. The van der Waals surface area contributed by atoms with E-state index in [4.69, 9.17) is 5.73 Å². The number of likely N-dealkylation sites (tertiary alicyclic amines) is 1. The van der Waals surface area contributed by atoms with Crippen LogP contribution >= 0.6 is 0 Å². The van der Waals surface area contributed by atoms with Gasteiger partial charge < -0.3 is 10.6 Å². The van der Waals surface area contributed by atoms with Gasteiger partial charge in [0, 0.05) is 30.6 Å². The predicted molar refractivity (Wildman–Crippen MR) is 115 cm³/mol. The van der Waals surface area contributed by atoms with Crippen LogP contribution in [0.3, 0.4) is 0 Å². The van der Waals surface area contributed by atoms with Crippen molar-refractivity contribution < 1.29 is 14.0 Å². The summed E-state index contributed by atoms with van der Waals surface area (Å²) in [6, 6.07) is 7.80. The fourth-order valence-electron chi connectivity index (χ4n) is 4.31. The molecular formula is C23H26FN5O2. The van der Waals surface area contributed by atoms with Gasteiger partial charge in [0.25, 0.3) is 5.91 Å². The highest BCUT2D eigenvalue weighted by atomic mass is 19.1. The zero-order valence-electron chi connectivity index (χ0n) is 17.7. The number of nitrogens with zero attached hydrogens (tertiary/aromatic N) is 4. The normalized spacial score (nSPS) is 17.6. The third-order valence-electron chi connectivity index (χ3n) is 5.85. The number of piperidine rings is 1. The Morgan fingerprint density at radius 3 is 2.81 bits per heavy atom. The van der Waals surface area contributed by atoms with E-state index < -0.39 is 11.7 Å². The Kier molecular flexibility index (Phi) is 5.71. The molecule has 7 nitrogen and oxygen atoms in total. The van der Waals surface area contributed by atoms with Crippen LogP contribution in [0.2, 0.25) is 0 Å². The van der Waals surface area contributed by atoms with Gasteiger partial charge in [-0.1, -0.05) is 6.92 Å². The number of nitrogens with two attached hydrogens (primary N) is 1. The summed E-state index contributed by atoms with van der Waals surface area (Å²) in [4.78, 5) is 31.7. The van der Waals surface area contributed by atoms with E-state index >= 15 is 0 Å². The van der Waals surface area contributed by atoms with Crippen molar-refractivity contribution in [1.82, 2.24) is 19.7 Å². The number of pyridine rings is 1. The number of hydrogen-bond donors (Lipinski definition) is 1. The molecule has 2 aromatic heterocycles. The van der Waals surface area contributed by atoms with Crippen molar-refractivity contribution in [2.24, 2.45) is 11.7 Å². The van der Waals surface area contributed by atoms with Crippen molar-refractivity contribution in [2.75, 3.05) is 13.1 Å². The summed E-state index contributed by atoms with van der Waals surface area (Å²) < 4.78 is 15.4. The number of carbonyl (C=O) groups is 2. The summed E-state index contributed by atoms with van der Waals surface area (Å²) in [5.41, 5.74) is 8.01. The average molecular weight is 423 g/mol. The van der Waals surface area contributed by atoms with Crippen molar-refractivity contribution in [2.45, 2.75) is 39.2 Å². The molecule has 0 spiro atoms. The SMILES string of the molecule is Cc1ccn(CC(C)C(=O)N2CCCC(c3nc4ccc(F)cc4cc3C(N)=O)C2)n1. The lowest BCUT2D eigenvalue weighted by Crippen LogP contribution is -2.43. The molecule has 1 saturated heterocycles.